The van der Waals surface area contributed by atoms with E-state index in [0.29, 0.717) is 5.75 Å². The normalized spacial score (nSPS) is 21.7. The lowest BCUT2D eigenvalue weighted by atomic mass is 10.2. The monoisotopic (exact) mass is 330 g/mol. The molecule has 1 saturated heterocycles. The molecule has 6 nitrogen and oxygen atoms in total. The first kappa shape index (κ1) is 16.3. The van der Waals surface area contributed by atoms with Gasteiger partial charge in [-0.25, -0.2) is 9.78 Å². The van der Waals surface area contributed by atoms with Crippen LogP contribution in [0.4, 0.5) is 0 Å². The van der Waals surface area contributed by atoms with Crippen LogP contribution in [0.3, 0.4) is 0 Å². The van der Waals surface area contributed by atoms with E-state index in [1.54, 1.807) is 23.1 Å². The highest BCUT2D eigenvalue weighted by atomic mass is 32.2. The first-order chi connectivity index (χ1) is 9.97. The van der Waals surface area contributed by atoms with E-state index in [0.717, 1.165) is 16.5 Å². The highest BCUT2D eigenvalue weighted by Gasteiger charge is 2.38. The summed E-state index contributed by atoms with van der Waals surface area (Å²) in [5, 5.41) is 21.6. The van der Waals surface area contributed by atoms with E-state index >= 15 is 0 Å². The lowest BCUT2D eigenvalue weighted by molar-refractivity contribution is -0.148. The van der Waals surface area contributed by atoms with Crippen molar-refractivity contribution in [3.63, 3.8) is 0 Å². The zero-order valence-electron chi connectivity index (χ0n) is 11.7. The maximum absolute atomic E-state index is 12.0. The molecule has 2 rings (SSSR count). The van der Waals surface area contributed by atoms with Crippen LogP contribution in [0, 0.1) is 6.92 Å². The third kappa shape index (κ3) is 4.42. The zero-order valence-corrected chi connectivity index (χ0v) is 13.3. The van der Waals surface area contributed by atoms with Crippen LogP contribution < -0.4 is 0 Å². The van der Waals surface area contributed by atoms with Crippen LogP contribution in [0.1, 0.15) is 23.5 Å². The lowest BCUT2D eigenvalue weighted by Crippen LogP contribution is -2.40. The Hall–Kier alpha value is -1.12. The molecular formula is C13H18N2O4S2. The van der Waals surface area contributed by atoms with E-state index in [9.17, 15) is 14.7 Å². The number of carbonyl (C=O) groups excluding carboxylic acids is 1. The van der Waals surface area contributed by atoms with E-state index in [4.69, 9.17) is 5.11 Å². The Kier molecular flexibility index (Phi) is 5.60. The van der Waals surface area contributed by atoms with Gasteiger partial charge in [-0.1, -0.05) is 0 Å². The molecule has 8 heteroatoms. The number of carboxylic acid groups (broad SMARTS) is 1. The molecule has 1 fully saturated rings. The number of aliphatic hydroxyl groups excluding tert-OH is 1. The summed E-state index contributed by atoms with van der Waals surface area (Å²) in [5.41, 5.74) is 1.01. The largest absolute Gasteiger partial charge is 0.480 e. The van der Waals surface area contributed by atoms with Crippen molar-refractivity contribution in [2.75, 3.05) is 12.3 Å². The summed E-state index contributed by atoms with van der Waals surface area (Å²) >= 11 is 3.20. The number of thiazole rings is 1. The maximum Gasteiger partial charge on any atom is 0.326 e. The first-order valence-corrected chi connectivity index (χ1v) is 8.70. The van der Waals surface area contributed by atoms with E-state index in [-0.39, 0.29) is 25.3 Å². The van der Waals surface area contributed by atoms with Crippen molar-refractivity contribution >= 4 is 35.0 Å². The molecule has 116 valence electrons. The molecule has 0 aromatic carbocycles. The third-order valence-electron chi connectivity index (χ3n) is 3.26. The van der Waals surface area contributed by atoms with Gasteiger partial charge in [-0.3, -0.25) is 4.79 Å². The Labute approximate surface area is 131 Å². The minimum atomic E-state index is -1.05. The van der Waals surface area contributed by atoms with Crippen molar-refractivity contribution in [1.82, 2.24) is 9.88 Å². The second kappa shape index (κ2) is 7.24. The fourth-order valence-corrected chi connectivity index (χ4v) is 3.82. The number of hydrogen-bond donors (Lipinski definition) is 2. The van der Waals surface area contributed by atoms with Crippen LogP contribution in [0.2, 0.25) is 0 Å². The number of hydrogen-bond acceptors (Lipinski definition) is 6. The second-order valence-electron chi connectivity index (χ2n) is 4.95. The van der Waals surface area contributed by atoms with Gasteiger partial charge in [-0.15, -0.1) is 11.3 Å². The molecule has 2 heterocycles. The van der Waals surface area contributed by atoms with Gasteiger partial charge in [0.15, 0.2) is 0 Å². The van der Waals surface area contributed by atoms with Crippen molar-refractivity contribution in [3.8, 4) is 0 Å². The van der Waals surface area contributed by atoms with Crippen LogP contribution in [0.25, 0.3) is 0 Å². The maximum atomic E-state index is 12.0. The van der Waals surface area contributed by atoms with Gasteiger partial charge in [0, 0.05) is 36.3 Å². The summed E-state index contributed by atoms with van der Waals surface area (Å²) in [7, 11) is 0. The number of aromatic nitrogens is 1. The third-order valence-corrected chi connectivity index (χ3v) is 5.08. The van der Waals surface area contributed by atoms with Crippen molar-refractivity contribution in [2.45, 2.75) is 37.7 Å². The van der Waals surface area contributed by atoms with E-state index in [1.807, 2.05) is 12.3 Å². The quantitative estimate of drug-likeness (QED) is 0.760. The van der Waals surface area contributed by atoms with E-state index in [2.05, 4.69) is 4.98 Å². The van der Waals surface area contributed by atoms with Gasteiger partial charge in [0.1, 0.15) is 6.04 Å². The van der Waals surface area contributed by atoms with E-state index in [1.165, 1.54) is 4.90 Å². The first-order valence-electron chi connectivity index (χ1n) is 6.66. The molecular weight excluding hydrogens is 312 g/mol. The molecule has 0 saturated carbocycles. The molecule has 1 amide bonds. The number of aliphatic hydroxyl groups is 1. The van der Waals surface area contributed by atoms with Gasteiger partial charge in [0.2, 0.25) is 5.91 Å². The number of rotatable bonds is 6. The number of carboxylic acids is 1. The Morgan fingerprint density at radius 3 is 2.95 bits per heavy atom. The summed E-state index contributed by atoms with van der Waals surface area (Å²) in [6.45, 7) is 2.07. The number of aryl methyl sites for hydroxylation is 1. The smallest absolute Gasteiger partial charge is 0.326 e. The van der Waals surface area contributed by atoms with Crippen LogP contribution in [-0.4, -0.2) is 56.4 Å². The molecule has 1 aliphatic heterocycles. The molecule has 0 bridgehead atoms. The van der Waals surface area contributed by atoms with E-state index < -0.39 is 18.1 Å². The van der Waals surface area contributed by atoms with Crippen LogP contribution in [-0.2, 0) is 15.3 Å². The molecule has 2 atom stereocenters. The highest BCUT2D eigenvalue weighted by molar-refractivity contribution is 7.98. The molecule has 2 N–H and O–H groups in total. The Balaban J connectivity index is 1.75. The number of thioether (sulfide) groups is 1. The Bertz CT molecular complexity index is 520. The Morgan fingerprint density at radius 2 is 2.33 bits per heavy atom. The lowest BCUT2D eigenvalue weighted by Gasteiger charge is -2.20. The SMILES string of the molecule is Cc1nc(CSCCC(=O)N2C[C@H](O)C[C@H]2C(=O)O)cs1. The molecule has 1 aromatic heterocycles. The number of carbonyl (C=O) groups is 2. The number of aliphatic carboxylic acids is 1. The number of nitrogens with zero attached hydrogens (tertiary/aromatic N) is 2. The highest BCUT2D eigenvalue weighted by Crippen LogP contribution is 2.21. The topological polar surface area (TPSA) is 90.7 Å². The molecule has 21 heavy (non-hydrogen) atoms. The van der Waals surface area contributed by atoms with Crippen LogP contribution >= 0.6 is 23.1 Å². The average molecular weight is 330 g/mol. The predicted octanol–water partition coefficient (Wildman–Crippen LogP) is 1.12. The summed E-state index contributed by atoms with van der Waals surface area (Å²) in [5.74, 6) is 0.114. The molecule has 0 unspecified atom stereocenters. The minimum Gasteiger partial charge on any atom is -0.480 e. The van der Waals surface area contributed by atoms with Crippen molar-refractivity contribution < 1.29 is 19.8 Å². The number of amides is 1. The minimum absolute atomic E-state index is 0.117. The Morgan fingerprint density at radius 1 is 1.57 bits per heavy atom. The van der Waals surface area contributed by atoms with Gasteiger partial charge in [0.25, 0.3) is 0 Å². The summed E-state index contributed by atoms with van der Waals surface area (Å²) < 4.78 is 0. The summed E-state index contributed by atoms with van der Waals surface area (Å²) in [4.78, 5) is 28.7. The fraction of sp³-hybridized carbons (Fsp3) is 0.615. The van der Waals surface area contributed by atoms with Crippen molar-refractivity contribution in [2.24, 2.45) is 0 Å². The fourth-order valence-electron chi connectivity index (χ4n) is 2.28. The number of likely N-dealkylation sites (tertiary alicyclic amines) is 1. The predicted molar refractivity (Wildman–Crippen MR) is 81.4 cm³/mol. The van der Waals surface area contributed by atoms with Gasteiger partial charge < -0.3 is 15.1 Å². The second-order valence-corrected chi connectivity index (χ2v) is 7.12. The van der Waals surface area contributed by atoms with Crippen LogP contribution in [0.5, 0.6) is 0 Å². The zero-order chi connectivity index (χ0) is 15.4. The average Bonchev–Trinajstić information content (AvgIpc) is 3.00. The van der Waals surface area contributed by atoms with Gasteiger partial charge in [-0.05, 0) is 6.92 Å². The molecule has 0 spiro atoms. The molecule has 1 aromatic rings. The van der Waals surface area contributed by atoms with Gasteiger partial charge in [-0.2, -0.15) is 11.8 Å². The van der Waals surface area contributed by atoms with Gasteiger partial charge in [0.05, 0.1) is 16.8 Å². The van der Waals surface area contributed by atoms with Crippen molar-refractivity contribution in [1.29, 1.82) is 0 Å². The number of β-amino-alcohol motifs (C(OH)–C–C–N with tert-alkyl or cyclic N) is 1. The van der Waals surface area contributed by atoms with Crippen LogP contribution in [0.15, 0.2) is 5.38 Å². The van der Waals surface area contributed by atoms with Gasteiger partial charge >= 0.3 is 5.97 Å². The standard InChI is InChI=1S/C13H18N2O4S2/c1-8-14-9(7-21-8)6-20-3-2-12(17)15-5-10(16)4-11(15)13(18)19/h7,10-11,16H,2-6H2,1H3,(H,18,19)/t10-,11+/m1/s1. The molecule has 1 aliphatic rings. The summed E-state index contributed by atoms with van der Waals surface area (Å²) in [6, 6.07) is -0.890. The molecule has 0 radical (unpaired) electrons. The summed E-state index contributed by atoms with van der Waals surface area (Å²) in [6.07, 6.45) is -0.336. The molecule has 0 aliphatic carbocycles. The van der Waals surface area contributed by atoms with Crippen molar-refractivity contribution in [3.05, 3.63) is 16.1 Å².